The van der Waals surface area contributed by atoms with Crippen molar-refractivity contribution in [2.45, 2.75) is 0 Å². The molecule has 0 radical (unpaired) electrons. The molecule has 0 aliphatic carbocycles. The molecule has 0 saturated carbocycles. The first kappa shape index (κ1) is 25.1. The molecule has 2 nitrogen and oxygen atoms in total. The van der Waals surface area contributed by atoms with Crippen LogP contribution < -0.4 is 4.90 Å². The molecular formula is C41H30N2. The molecule has 43 heavy (non-hydrogen) atoms. The van der Waals surface area contributed by atoms with E-state index in [1.165, 1.54) is 71.9 Å². The van der Waals surface area contributed by atoms with E-state index < -0.39 is 0 Å². The lowest BCUT2D eigenvalue weighted by molar-refractivity contribution is 1.18. The van der Waals surface area contributed by atoms with Gasteiger partial charge in [0.15, 0.2) is 0 Å². The van der Waals surface area contributed by atoms with Crippen molar-refractivity contribution in [3.8, 4) is 27.9 Å². The molecule has 1 aromatic heterocycles. The predicted molar refractivity (Wildman–Crippen MR) is 184 cm³/mol. The smallest absolute Gasteiger partial charge is 0.0547 e. The summed E-state index contributed by atoms with van der Waals surface area (Å²) in [5.41, 5.74) is 10.8. The summed E-state index contributed by atoms with van der Waals surface area (Å²) in [7, 11) is 2.11. The number of fused-ring (bicyclic) bond motifs is 5. The summed E-state index contributed by atoms with van der Waals surface area (Å²) in [5.74, 6) is 0. The SMILES string of the molecule is CN(c1ccccc1)c1ccc(-c2ccc(-c3ccc4c(c3)c3c5ccccc5ccc3n4-c3ccccc3)cc2)cc1. The van der Waals surface area contributed by atoms with E-state index in [9.17, 15) is 0 Å². The minimum absolute atomic E-state index is 1.17. The van der Waals surface area contributed by atoms with Crippen molar-refractivity contribution in [3.05, 3.63) is 164 Å². The van der Waals surface area contributed by atoms with Crippen molar-refractivity contribution >= 4 is 44.0 Å². The second kappa shape index (κ2) is 10.3. The first-order chi connectivity index (χ1) is 21.2. The van der Waals surface area contributed by atoms with Gasteiger partial charge in [-0.3, -0.25) is 0 Å². The molecule has 8 aromatic rings. The van der Waals surface area contributed by atoms with E-state index in [2.05, 4.69) is 174 Å². The number of hydrogen-bond donors (Lipinski definition) is 0. The maximum atomic E-state index is 2.39. The van der Waals surface area contributed by atoms with Gasteiger partial charge in [-0.2, -0.15) is 0 Å². The van der Waals surface area contributed by atoms with Gasteiger partial charge in [-0.1, -0.05) is 109 Å². The minimum atomic E-state index is 1.17. The third-order valence-corrected chi connectivity index (χ3v) is 8.62. The number of rotatable bonds is 5. The Bertz CT molecular complexity index is 2210. The average molecular weight is 551 g/mol. The number of benzene rings is 7. The van der Waals surface area contributed by atoms with Gasteiger partial charge in [0, 0.05) is 34.9 Å². The largest absolute Gasteiger partial charge is 0.345 e. The molecule has 0 aliphatic rings. The Kier molecular flexibility index (Phi) is 6.05. The highest BCUT2D eigenvalue weighted by Gasteiger charge is 2.15. The van der Waals surface area contributed by atoms with E-state index in [4.69, 9.17) is 0 Å². The fourth-order valence-electron chi connectivity index (χ4n) is 6.36. The molecule has 0 bridgehead atoms. The van der Waals surface area contributed by atoms with E-state index in [0.29, 0.717) is 0 Å². The highest BCUT2D eigenvalue weighted by molar-refractivity contribution is 6.21. The van der Waals surface area contributed by atoms with Crippen LogP contribution >= 0.6 is 0 Å². The zero-order valence-corrected chi connectivity index (χ0v) is 24.0. The summed E-state index contributed by atoms with van der Waals surface area (Å²) in [6.07, 6.45) is 0. The quantitative estimate of drug-likeness (QED) is 0.207. The van der Waals surface area contributed by atoms with Crippen LogP contribution in [0.3, 0.4) is 0 Å². The first-order valence-electron chi connectivity index (χ1n) is 14.8. The summed E-state index contributed by atoms with van der Waals surface area (Å²) in [4.78, 5) is 2.21. The molecule has 0 unspecified atom stereocenters. The van der Waals surface area contributed by atoms with Gasteiger partial charge in [-0.05, 0) is 87.6 Å². The molecular weight excluding hydrogens is 520 g/mol. The van der Waals surface area contributed by atoms with Gasteiger partial charge in [-0.15, -0.1) is 0 Å². The van der Waals surface area contributed by atoms with E-state index in [-0.39, 0.29) is 0 Å². The summed E-state index contributed by atoms with van der Waals surface area (Å²) in [5, 5.41) is 5.12. The molecule has 0 spiro atoms. The lowest BCUT2D eigenvalue weighted by Gasteiger charge is -2.19. The zero-order valence-electron chi connectivity index (χ0n) is 24.0. The van der Waals surface area contributed by atoms with E-state index in [1.54, 1.807) is 0 Å². The third-order valence-electron chi connectivity index (χ3n) is 8.62. The van der Waals surface area contributed by atoms with E-state index in [1.807, 2.05) is 6.07 Å². The highest BCUT2D eigenvalue weighted by Crippen LogP contribution is 2.39. The first-order valence-corrected chi connectivity index (χ1v) is 14.8. The number of aromatic nitrogens is 1. The number of hydrogen-bond acceptors (Lipinski definition) is 1. The van der Waals surface area contributed by atoms with E-state index >= 15 is 0 Å². The molecule has 0 fully saturated rings. The second-order valence-electron chi connectivity index (χ2n) is 11.1. The van der Waals surface area contributed by atoms with Crippen LogP contribution in [0.15, 0.2) is 164 Å². The molecule has 0 saturated heterocycles. The predicted octanol–water partition coefficient (Wildman–Crippen LogP) is 11.0. The summed E-state index contributed by atoms with van der Waals surface area (Å²) < 4.78 is 2.39. The van der Waals surface area contributed by atoms with Gasteiger partial charge in [0.25, 0.3) is 0 Å². The monoisotopic (exact) mass is 550 g/mol. The van der Waals surface area contributed by atoms with Gasteiger partial charge < -0.3 is 9.47 Å². The van der Waals surface area contributed by atoms with Gasteiger partial charge in [-0.25, -0.2) is 0 Å². The Labute approximate surface area is 251 Å². The van der Waals surface area contributed by atoms with Crippen molar-refractivity contribution in [2.75, 3.05) is 11.9 Å². The Morgan fingerprint density at radius 1 is 0.419 bits per heavy atom. The molecule has 1 heterocycles. The maximum Gasteiger partial charge on any atom is 0.0547 e. The fourth-order valence-corrected chi connectivity index (χ4v) is 6.36. The van der Waals surface area contributed by atoms with Gasteiger partial charge in [0.1, 0.15) is 0 Å². The van der Waals surface area contributed by atoms with Crippen LogP contribution in [0.4, 0.5) is 11.4 Å². The summed E-state index contributed by atoms with van der Waals surface area (Å²) in [6.45, 7) is 0. The van der Waals surface area contributed by atoms with E-state index in [0.717, 1.165) is 0 Å². The zero-order chi connectivity index (χ0) is 28.8. The highest BCUT2D eigenvalue weighted by atomic mass is 15.1. The molecule has 0 amide bonds. The van der Waals surface area contributed by atoms with Crippen LogP contribution in [0.25, 0.3) is 60.5 Å². The van der Waals surface area contributed by atoms with Crippen molar-refractivity contribution in [1.29, 1.82) is 0 Å². The molecule has 2 heteroatoms. The Hall–Kier alpha value is -5.60. The standard InChI is InChI=1S/C41H30N2/c1-42(34-11-4-2-5-12-34)35-24-20-30(21-25-35)29-16-18-31(19-17-29)33-23-26-39-38(28-33)41-37-15-9-8-10-32(37)22-27-40(41)43(39)36-13-6-3-7-14-36/h2-28H,1H3. The van der Waals surface area contributed by atoms with Crippen LogP contribution in [-0.4, -0.2) is 11.6 Å². The number of anilines is 2. The third kappa shape index (κ3) is 4.36. The molecule has 0 N–H and O–H groups in total. The summed E-state index contributed by atoms with van der Waals surface area (Å²) >= 11 is 0. The number of para-hydroxylation sites is 2. The Morgan fingerprint density at radius 2 is 0.953 bits per heavy atom. The Balaban J connectivity index is 1.18. The maximum absolute atomic E-state index is 2.39. The molecule has 204 valence electrons. The molecule has 0 aliphatic heterocycles. The minimum Gasteiger partial charge on any atom is -0.345 e. The van der Waals surface area contributed by atoms with Gasteiger partial charge in [0.2, 0.25) is 0 Å². The van der Waals surface area contributed by atoms with Crippen molar-refractivity contribution in [1.82, 2.24) is 4.57 Å². The van der Waals surface area contributed by atoms with Crippen molar-refractivity contribution in [3.63, 3.8) is 0 Å². The molecule has 0 atom stereocenters. The van der Waals surface area contributed by atoms with Gasteiger partial charge >= 0.3 is 0 Å². The fraction of sp³-hybridized carbons (Fsp3) is 0.0244. The average Bonchev–Trinajstić information content (AvgIpc) is 3.43. The van der Waals surface area contributed by atoms with Gasteiger partial charge in [0.05, 0.1) is 11.0 Å². The lowest BCUT2D eigenvalue weighted by Crippen LogP contribution is -2.08. The summed E-state index contributed by atoms with van der Waals surface area (Å²) in [6, 6.07) is 59.0. The number of nitrogens with zero attached hydrogens (tertiary/aromatic N) is 2. The molecule has 7 aromatic carbocycles. The topological polar surface area (TPSA) is 8.17 Å². The normalized spacial score (nSPS) is 11.4. The Morgan fingerprint density at radius 3 is 1.67 bits per heavy atom. The van der Waals surface area contributed by atoms with Crippen LogP contribution in [0.5, 0.6) is 0 Å². The van der Waals surface area contributed by atoms with Crippen molar-refractivity contribution < 1.29 is 0 Å². The second-order valence-corrected chi connectivity index (χ2v) is 11.1. The van der Waals surface area contributed by atoms with Crippen LogP contribution in [0.1, 0.15) is 0 Å². The van der Waals surface area contributed by atoms with Crippen LogP contribution in [0.2, 0.25) is 0 Å². The lowest BCUT2D eigenvalue weighted by atomic mass is 9.98. The van der Waals surface area contributed by atoms with Crippen molar-refractivity contribution in [2.24, 2.45) is 0 Å². The van der Waals surface area contributed by atoms with Crippen LogP contribution in [0, 0.1) is 0 Å². The molecule has 8 rings (SSSR count). The van der Waals surface area contributed by atoms with Crippen LogP contribution in [-0.2, 0) is 0 Å².